The molecule has 1 aromatic heterocycles. The molecule has 0 atom stereocenters. The van der Waals surface area contributed by atoms with Gasteiger partial charge in [-0.25, -0.2) is 9.59 Å². The lowest BCUT2D eigenvalue weighted by Gasteiger charge is -2.09. The zero-order chi connectivity index (χ0) is 16.8. The molecule has 0 aliphatic rings. The number of esters is 2. The Morgan fingerprint density at radius 2 is 1.91 bits per heavy atom. The van der Waals surface area contributed by atoms with Crippen molar-refractivity contribution in [1.82, 2.24) is 0 Å². The Labute approximate surface area is 133 Å². The lowest BCUT2D eigenvalue weighted by molar-refractivity contribution is -0.134. The van der Waals surface area contributed by atoms with Gasteiger partial charge in [0.1, 0.15) is 11.3 Å². The van der Waals surface area contributed by atoms with Gasteiger partial charge in [-0.2, -0.15) is 0 Å². The van der Waals surface area contributed by atoms with Gasteiger partial charge in [0.15, 0.2) is 11.5 Å². The molecule has 1 aromatic carbocycles. The standard InChI is InChI=1S/C17H16O6/c1-11-13(8-9-22-11)17(19)23-14-6-4-12(10-15(14)20-2)5-7-16(18)21-3/h4-10H,1-3H3/b7-5+. The van der Waals surface area contributed by atoms with Crippen LogP contribution in [0.3, 0.4) is 0 Å². The molecule has 0 radical (unpaired) electrons. The van der Waals surface area contributed by atoms with Gasteiger partial charge in [-0.15, -0.1) is 0 Å². The largest absolute Gasteiger partial charge is 0.493 e. The fourth-order valence-corrected chi connectivity index (χ4v) is 1.86. The lowest BCUT2D eigenvalue weighted by Crippen LogP contribution is -2.09. The molecule has 0 unspecified atom stereocenters. The number of rotatable bonds is 5. The molecule has 0 aliphatic carbocycles. The fraction of sp³-hybridized carbons (Fsp3) is 0.176. The average molecular weight is 316 g/mol. The summed E-state index contributed by atoms with van der Waals surface area (Å²) >= 11 is 0. The second kappa shape index (κ2) is 7.31. The number of aryl methyl sites for hydroxylation is 1. The van der Waals surface area contributed by atoms with E-state index < -0.39 is 11.9 Å². The minimum absolute atomic E-state index is 0.272. The Morgan fingerprint density at radius 1 is 1.13 bits per heavy atom. The topological polar surface area (TPSA) is 75.0 Å². The summed E-state index contributed by atoms with van der Waals surface area (Å²) in [6.45, 7) is 1.68. The van der Waals surface area contributed by atoms with Gasteiger partial charge in [-0.05, 0) is 36.8 Å². The minimum Gasteiger partial charge on any atom is -0.493 e. The van der Waals surface area contributed by atoms with E-state index in [-0.39, 0.29) is 5.75 Å². The van der Waals surface area contributed by atoms with Crippen LogP contribution in [-0.4, -0.2) is 26.2 Å². The second-order valence-corrected chi connectivity index (χ2v) is 4.55. The van der Waals surface area contributed by atoms with Gasteiger partial charge in [-0.3, -0.25) is 0 Å². The first-order valence-electron chi connectivity index (χ1n) is 6.75. The smallest absolute Gasteiger partial charge is 0.347 e. The van der Waals surface area contributed by atoms with E-state index in [0.717, 1.165) is 0 Å². The Hall–Kier alpha value is -3.02. The third kappa shape index (κ3) is 4.00. The van der Waals surface area contributed by atoms with E-state index in [1.807, 2.05) is 0 Å². The summed E-state index contributed by atoms with van der Waals surface area (Å²) in [6, 6.07) is 6.46. The van der Waals surface area contributed by atoms with Gasteiger partial charge in [0.25, 0.3) is 0 Å². The highest BCUT2D eigenvalue weighted by Gasteiger charge is 2.16. The van der Waals surface area contributed by atoms with Crippen LogP contribution in [0.15, 0.2) is 41.0 Å². The predicted molar refractivity (Wildman–Crippen MR) is 82.4 cm³/mol. The van der Waals surface area contributed by atoms with E-state index in [2.05, 4.69) is 4.74 Å². The maximum Gasteiger partial charge on any atom is 0.347 e. The van der Waals surface area contributed by atoms with Crippen molar-refractivity contribution in [2.24, 2.45) is 0 Å². The molecule has 0 amide bonds. The van der Waals surface area contributed by atoms with Crippen molar-refractivity contribution in [3.05, 3.63) is 53.5 Å². The Bertz CT molecular complexity index is 741. The van der Waals surface area contributed by atoms with Crippen molar-refractivity contribution in [3.8, 4) is 11.5 Å². The van der Waals surface area contributed by atoms with E-state index in [9.17, 15) is 9.59 Å². The summed E-state index contributed by atoms with van der Waals surface area (Å²) in [5.74, 6) is 0.119. The monoisotopic (exact) mass is 316 g/mol. The molecule has 0 fully saturated rings. The van der Waals surface area contributed by atoms with Crippen molar-refractivity contribution in [3.63, 3.8) is 0 Å². The zero-order valence-corrected chi connectivity index (χ0v) is 13.0. The number of benzene rings is 1. The van der Waals surface area contributed by atoms with Crippen molar-refractivity contribution in [2.45, 2.75) is 6.92 Å². The van der Waals surface area contributed by atoms with Crippen LogP contribution in [0.25, 0.3) is 6.08 Å². The van der Waals surface area contributed by atoms with Gasteiger partial charge in [0.05, 0.1) is 20.5 Å². The molecule has 6 heteroatoms. The number of carbonyl (C=O) groups is 2. The number of ether oxygens (including phenoxy) is 3. The van der Waals surface area contributed by atoms with Crippen LogP contribution < -0.4 is 9.47 Å². The summed E-state index contributed by atoms with van der Waals surface area (Å²) in [7, 11) is 2.76. The molecule has 2 rings (SSSR count). The van der Waals surface area contributed by atoms with Gasteiger partial charge in [0.2, 0.25) is 0 Å². The molecule has 120 valence electrons. The van der Waals surface area contributed by atoms with Crippen LogP contribution in [0, 0.1) is 6.92 Å². The van der Waals surface area contributed by atoms with E-state index in [1.165, 1.54) is 32.6 Å². The van der Waals surface area contributed by atoms with Crippen molar-refractivity contribution >= 4 is 18.0 Å². The molecule has 0 saturated heterocycles. The number of hydrogen-bond acceptors (Lipinski definition) is 6. The Balaban J connectivity index is 2.20. The fourth-order valence-electron chi connectivity index (χ4n) is 1.86. The molecule has 0 N–H and O–H groups in total. The Morgan fingerprint density at radius 3 is 2.52 bits per heavy atom. The van der Waals surface area contributed by atoms with Crippen LogP contribution in [-0.2, 0) is 9.53 Å². The summed E-state index contributed by atoms with van der Waals surface area (Å²) in [5, 5.41) is 0. The molecule has 23 heavy (non-hydrogen) atoms. The molecule has 2 aromatic rings. The highest BCUT2D eigenvalue weighted by molar-refractivity contribution is 5.92. The third-order valence-corrected chi connectivity index (χ3v) is 3.08. The lowest BCUT2D eigenvalue weighted by atomic mass is 10.2. The molecular formula is C17H16O6. The van der Waals surface area contributed by atoms with Gasteiger partial charge >= 0.3 is 11.9 Å². The van der Waals surface area contributed by atoms with Crippen LogP contribution in [0.4, 0.5) is 0 Å². The quantitative estimate of drug-likeness (QED) is 0.479. The summed E-state index contributed by atoms with van der Waals surface area (Å²) in [6.07, 6.45) is 4.28. The summed E-state index contributed by atoms with van der Waals surface area (Å²) < 4.78 is 20.1. The van der Waals surface area contributed by atoms with Crippen LogP contribution in [0.2, 0.25) is 0 Å². The van der Waals surface area contributed by atoms with Crippen LogP contribution in [0.1, 0.15) is 21.7 Å². The first-order valence-corrected chi connectivity index (χ1v) is 6.75. The number of hydrogen-bond donors (Lipinski definition) is 0. The number of furan rings is 1. The molecule has 0 bridgehead atoms. The SMILES string of the molecule is COC(=O)/C=C/c1ccc(OC(=O)c2ccoc2C)c(OC)c1. The van der Waals surface area contributed by atoms with Crippen molar-refractivity contribution < 1.29 is 28.2 Å². The summed E-state index contributed by atoms with van der Waals surface area (Å²) in [5.41, 5.74) is 1.05. The van der Waals surface area contributed by atoms with E-state index in [1.54, 1.807) is 31.2 Å². The van der Waals surface area contributed by atoms with E-state index >= 15 is 0 Å². The van der Waals surface area contributed by atoms with Crippen molar-refractivity contribution in [2.75, 3.05) is 14.2 Å². The Kier molecular flexibility index (Phi) is 5.19. The van der Waals surface area contributed by atoms with Crippen LogP contribution >= 0.6 is 0 Å². The molecule has 0 aliphatic heterocycles. The maximum atomic E-state index is 12.1. The highest BCUT2D eigenvalue weighted by Crippen LogP contribution is 2.29. The predicted octanol–water partition coefficient (Wildman–Crippen LogP) is 3.00. The van der Waals surface area contributed by atoms with Gasteiger partial charge in [0, 0.05) is 6.08 Å². The van der Waals surface area contributed by atoms with E-state index in [4.69, 9.17) is 13.9 Å². The minimum atomic E-state index is -0.535. The summed E-state index contributed by atoms with van der Waals surface area (Å²) in [4.78, 5) is 23.2. The second-order valence-electron chi connectivity index (χ2n) is 4.55. The molecule has 0 saturated carbocycles. The first-order chi connectivity index (χ1) is 11.0. The molecule has 0 spiro atoms. The zero-order valence-electron chi connectivity index (χ0n) is 13.0. The first kappa shape index (κ1) is 16.4. The van der Waals surface area contributed by atoms with Crippen LogP contribution in [0.5, 0.6) is 11.5 Å². The maximum absolute atomic E-state index is 12.1. The van der Waals surface area contributed by atoms with Crippen molar-refractivity contribution in [1.29, 1.82) is 0 Å². The van der Waals surface area contributed by atoms with E-state index in [0.29, 0.717) is 22.6 Å². The third-order valence-electron chi connectivity index (χ3n) is 3.08. The normalized spacial score (nSPS) is 10.6. The number of methoxy groups -OCH3 is 2. The molecule has 6 nitrogen and oxygen atoms in total. The number of carbonyl (C=O) groups excluding carboxylic acids is 2. The highest BCUT2D eigenvalue weighted by atomic mass is 16.6. The average Bonchev–Trinajstić information content (AvgIpc) is 2.99. The molecular weight excluding hydrogens is 300 g/mol. The van der Waals surface area contributed by atoms with Gasteiger partial charge in [-0.1, -0.05) is 6.07 Å². The van der Waals surface area contributed by atoms with Gasteiger partial charge < -0.3 is 18.6 Å². The molecule has 1 heterocycles.